The van der Waals surface area contributed by atoms with Gasteiger partial charge in [-0.3, -0.25) is 14.4 Å². The van der Waals surface area contributed by atoms with Gasteiger partial charge in [0.25, 0.3) is 0 Å². The van der Waals surface area contributed by atoms with Crippen LogP contribution < -0.4 is 4.74 Å². The largest absolute Gasteiger partial charge is 0.461 e. The molecule has 0 saturated heterocycles. The Morgan fingerprint density at radius 1 is 0.893 bits per heavy atom. The number of allylic oxidation sites excluding steroid dienone is 2. The molecule has 4 rings (SSSR count). The highest BCUT2D eigenvalue weighted by Gasteiger charge is 2.50. The third-order valence-corrected chi connectivity index (χ3v) is 6.56. The molecule has 0 N–H and O–H groups in total. The van der Waals surface area contributed by atoms with Crippen LogP contribution in [-0.4, -0.2) is 17.3 Å². The van der Waals surface area contributed by atoms with E-state index in [1.165, 1.54) is 0 Å². The minimum Gasteiger partial charge on any atom is -0.461 e. The van der Waals surface area contributed by atoms with Crippen LogP contribution in [0.25, 0.3) is 0 Å². The highest BCUT2D eigenvalue weighted by Crippen LogP contribution is 2.52. The van der Waals surface area contributed by atoms with Crippen molar-refractivity contribution in [2.45, 2.75) is 59.3 Å². The van der Waals surface area contributed by atoms with Crippen molar-refractivity contribution >= 4 is 33.3 Å². The molecule has 0 radical (unpaired) electrons. The van der Waals surface area contributed by atoms with E-state index in [0.717, 1.165) is 10.0 Å². The van der Waals surface area contributed by atoms with Crippen molar-refractivity contribution in [3.05, 3.63) is 39.6 Å². The SMILES string of the molecule is CC1(C)CC(=O)C(C2C3=C(CC(C)(C)CC3=O)Oc3cc(Br)ccc32)C(=O)C1. The number of ether oxygens (including phenoxy) is 1. The van der Waals surface area contributed by atoms with Gasteiger partial charge >= 0.3 is 0 Å². The number of benzene rings is 1. The summed E-state index contributed by atoms with van der Waals surface area (Å²) < 4.78 is 7.02. The second-order valence-corrected chi connectivity index (χ2v) is 10.9. The Kier molecular flexibility index (Phi) is 4.46. The first-order valence-electron chi connectivity index (χ1n) is 9.76. The molecule has 0 aromatic heterocycles. The molecule has 1 unspecified atom stereocenters. The minimum atomic E-state index is -0.799. The molecule has 3 aliphatic rings. The summed E-state index contributed by atoms with van der Waals surface area (Å²) in [6.07, 6.45) is 1.74. The zero-order valence-electron chi connectivity index (χ0n) is 16.7. The Morgan fingerprint density at radius 2 is 1.50 bits per heavy atom. The van der Waals surface area contributed by atoms with Crippen molar-refractivity contribution < 1.29 is 19.1 Å². The van der Waals surface area contributed by atoms with Gasteiger partial charge in [-0.25, -0.2) is 0 Å². The Labute approximate surface area is 173 Å². The predicted octanol–water partition coefficient (Wildman–Crippen LogP) is 5.14. The zero-order valence-corrected chi connectivity index (χ0v) is 18.3. The molecule has 148 valence electrons. The van der Waals surface area contributed by atoms with Crippen molar-refractivity contribution in [1.82, 2.24) is 0 Å². The molecule has 0 bridgehead atoms. The number of Topliss-reactive ketones (excluding diaryl/α,β-unsaturated/α-hetero) is 3. The predicted molar refractivity (Wildman–Crippen MR) is 109 cm³/mol. The second-order valence-electron chi connectivity index (χ2n) is 9.97. The van der Waals surface area contributed by atoms with Crippen molar-refractivity contribution in [3.63, 3.8) is 0 Å². The summed E-state index contributed by atoms with van der Waals surface area (Å²) in [6, 6.07) is 5.61. The van der Waals surface area contributed by atoms with Crippen molar-refractivity contribution in [3.8, 4) is 5.75 Å². The molecule has 1 heterocycles. The zero-order chi connectivity index (χ0) is 20.4. The summed E-state index contributed by atoms with van der Waals surface area (Å²) >= 11 is 3.47. The van der Waals surface area contributed by atoms with Crippen LogP contribution in [0.5, 0.6) is 5.75 Å². The van der Waals surface area contributed by atoms with Crippen molar-refractivity contribution in [2.24, 2.45) is 16.7 Å². The number of carbonyl (C=O) groups is 3. The number of hydrogen-bond acceptors (Lipinski definition) is 4. The van der Waals surface area contributed by atoms with E-state index >= 15 is 0 Å². The third-order valence-electron chi connectivity index (χ3n) is 6.07. The number of fused-ring (bicyclic) bond motifs is 1. The van der Waals surface area contributed by atoms with Gasteiger partial charge in [0.2, 0.25) is 0 Å². The van der Waals surface area contributed by atoms with E-state index in [-0.39, 0.29) is 28.2 Å². The molecule has 1 aromatic rings. The highest BCUT2D eigenvalue weighted by atomic mass is 79.9. The molecule has 0 amide bonds. The second kappa shape index (κ2) is 6.38. The average Bonchev–Trinajstić information content (AvgIpc) is 2.50. The van der Waals surface area contributed by atoms with Gasteiger partial charge < -0.3 is 4.74 Å². The maximum Gasteiger partial charge on any atom is 0.163 e. The van der Waals surface area contributed by atoms with Gasteiger partial charge in [-0.15, -0.1) is 0 Å². The fourth-order valence-electron chi connectivity index (χ4n) is 4.98. The van der Waals surface area contributed by atoms with E-state index in [0.29, 0.717) is 42.8 Å². The summed E-state index contributed by atoms with van der Waals surface area (Å²) in [4.78, 5) is 39.3. The normalized spacial score (nSPS) is 26.6. The molecule has 4 nitrogen and oxygen atoms in total. The lowest BCUT2D eigenvalue weighted by atomic mass is 9.62. The average molecular weight is 445 g/mol. The summed E-state index contributed by atoms with van der Waals surface area (Å²) in [5.41, 5.74) is 0.780. The standard InChI is InChI=1S/C23H25BrO4/c1-22(2)8-14(25)20(15(26)9-22)19-13-6-5-12(24)7-17(13)28-18-11-23(3,4)10-16(27)21(18)19/h5-7,19-20H,8-11H2,1-4H3. The van der Waals surface area contributed by atoms with Gasteiger partial charge in [-0.05, 0) is 23.0 Å². The van der Waals surface area contributed by atoms with E-state index in [4.69, 9.17) is 4.74 Å². The Morgan fingerprint density at radius 3 is 2.14 bits per heavy atom. The van der Waals surface area contributed by atoms with Gasteiger partial charge in [0, 0.05) is 47.2 Å². The lowest BCUT2D eigenvalue weighted by Gasteiger charge is -2.42. The van der Waals surface area contributed by atoms with Crippen LogP contribution in [0.2, 0.25) is 0 Å². The van der Waals surface area contributed by atoms with E-state index in [1.54, 1.807) is 0 Å². The molecular weight excluding hydrogens is 420 g/mol. The fraction of sp³-hybridized carbons (Fsp3) is 0.522. The molecule has 1 aromatic carbocycles. The van der Waals surface area contributed by atoms with Crippen LogP contribution in [0.4, 0.5) is 0 Å². The summed E-state index contributed by atoms with van der Waals surface area (Å²) in [5.74, 6) is -0.205. The Bertz CT molecular complexity index is 918. The number of rotatable bonds is 1. The molecular formula is C23H25BrO4. The first-order valence-corrected chi connectivity index (χ1v) is 10.6. The van der Waals surface area contributed by atoms with Crippen LogP contribution in [0.15, 0.2) is 34.0 Å². The minimum absolute atomic E-state index is 0.00440. The highest BCUT2D eigenvalue weighted by molar-refractivity contribution is 9.10. The molecule has 2 aliphatic carbocycles. The lowest BCUT2D eigenvalue weighted by Crippen LogP contribution is -2.44. The molecule has 28 heavy (non-hydrogen) atoms. The monoisotopic (exact) mass is 444 g/mol. The van der Waals surface area contributed by atoms with E-state index in [9.17, 15) is 14.4 Å². The van der Waals surface area contributed by atoms with Crippen LogP contribution in [-0.2, 0) is 14.4 Å². The van der Waals surface area contributed by atoms with Gasteiger partial charge in [-0.1, -0.05) is 49.7 Å². The van der Waals surface area contributed by atoms with Crippen LogP contribution in [0, 0.1) is 16.7 Å². The first-order chi connectivity index (χ1) is 13.0. The van der Waals surface area contributed by atoms with E-state index in [2.05, 4.69) is 15.9 Å². The van der Waals surface area contributed by atoms with Crippen LogP contribution in [0.3, 0.4) is 0 Å². The topological polar surface area (TPSA) is 60.4 Å². The number of ketones is 3. The van der Waals surface area contributed by atoms with Gasteiger partial charge in [-0.2, -0.15) is 0 Å². The molecule has 1 fully saturated rings. The first kappa shape index (κ1) is 19.6. The van der Waals surface area contributed by atoms with Crippen molar-refractivity contribution in [2.75, 3.05) is 0 Å². The van der Waals surface area contributed by atoms with Gasteiger partial charge in [0.05, 0.1) is 5.92 Å². The summed E-state index contributed by atoms with van der Waals surface area (Å²) in [6.45, 7) is 7.99. The Balaban J connectivity index is 1.88. The maximum absolute atomic E-state index is 13.1. The van der Waals surface area contributed by atoms with Crippen LogP contribution >= 0.6 is 15.9 Å². The van der Waals surface area contributed by atoms with E-state index in [1.807, 2.05) is 45.9 Å². The van der Waals surface area contributed by atoms with Gasteiger partial charge in [0.15, 0.2) is 5.78 Å². The van der Waals surface area contributed by atoms with Gasteiger partial charge in [0.1, 0.15) is 23.1 Å². The third kappa shape index (κ3) is 3.28. The molecule has 1 saturated carbocycles. The number of halogens is 1. The van der Waals surface area contributed by atoms with Crippen molar-refractivity contribution in [1.29, 1.82) is 0 Å². The molecule has 1 atom stereocenters. The molecule has 1 aliphatic heterocycles. The molecule has 5 heteroatoms. The summed E-state index contributed by atoms with van der Waals surface area (Å²) in [5, 5.41) is 0. The van der Waals surface area contributed by atoms with Crippen LogP contribution in [0.1, 0.15) is 64.9 Å². The summed E-state index contributed by atoms with van der Waals surface area (Å²) in [7, 11) is 0. The quantitative estimate of drug-likeness (QED) is 0.562. The number of carbonyl (C=O) groups excluding carboxylic acids is 3. The smallest absolute Gasteiger partial charge is 0.163 e. The molecule has 0 spiro atoms. The fourth-order valence-corrected chi connectivity index (χ4v) is 5.32. The lowest BCUT2D eigenvalue weighted by molar-refractivity contribution is -0.140. The number of hydrogen-bond donors (Lipinski definition) is 0. The van der Waals surface area contributed by atoms with E-state index < -0.39 is 11.8 Å². The maximum atomic E-state index is 13.1. The Hall–Kier alpha value is -1.75.